The lowest BCUT2D eigenvalue weighted by atomic mass is 9.76. The highest BCUT2D eigenvalue weighted by molar-refractivity contribution is 6.00. The van der Waals surface area contributed by atoms with Gasteiger partial charge < -0.3 is 5.73 Å². The Bertz CT molecular complexity index is 869. The monoisotopic (exact) mass is 332 g/mol. The summed E-state index contributed by atoms with van der Waals surface area (Å²) in [6.07, 6.45) is 9.35. The number of amides is 1. The average molecular weight is 332 g/mol. The molecule has 2 N–H and O–H groups in total. The predicted molar refractivity (Wildman–Crippen MR) is 98.4 cm³/mol. The molecule has 0 aliphatic carbocycles. The van der Waals surface area contributed by atoms with Gasteiger partial charge in [-0.25, -0.2) is 4.99 Å². The first-order valence-corrected chi connectivity index (χ1v) is 8.04. The summed E-state index contributed by atoms with van der Waals surface area (Å²) in [6, 6.07) is 11.8. The Labute approximate surface area is 147 Å². The van der Waals surface area contributed by atoms with Crippen molar-refractivity contribution < 1.29 is 4.79 Å². The highest BCUT2D eigenvalue weighted by Crippen LogP contribution is 2.40. The molecule has 0 fully saturated rings. The number of nitrogens with two attached hydrogens (primary N) is 1. The first kappa shape index (κ1) is 16.7. The molecule has 1 aliphatic rings. The van der Waals surface area contributed by atoms with Crippen molar-refractivity contribution >= 4 is 11.9 Å². The van der Waals surface area contributed by atoms with Crippen LogP contribution in [0.3, 0.4) is 0 Å². The number of terminal acetylenes is 1. The van der Waals surface area contributed by atoms with Crippen molar-refractivity contribution in [1.29, 1.82) is 0 Å². The smallest absolute Gasteiger partial charge is 0.235 e. The van der Waals surface area contributed by atoms with Gasteiger partial charge in [-0.2, -0.15) is 0 Å². The van der Waals surface area contributed by atoms with Crippen LogP contribution in [-0.2, 0) is 10.3 Å². The minimum Gasteiger partial charge on any atom is -0.369 e. The Morgan fingerprint density at radius 2 is 2.08 bits per heavy atom. The Hall–Kier alpha value is -3.13. The van der Waals surface area contributed by atoms with E-state index in [0.717, 1.165) is 16.7 Å². The van der Waals surface area contributed by atoms with Gasteiger partial charge >= 0.3 is 0 Å². The van der Waals surface area contributed by atoms with Crippen LogP contribution in [-0.4, -0.2) is 28.8 Å². The Balaban J connectivity index is 2.13. The Morgan fingerprint density at radius 1 is 1.32 bits per heavy atom. The maximum atomic E-state index is 12.7. The number of nitrogens with zero attached hydrogens (tertiary/aromatic N) is 3. The van der Waals surface area contributed by atoms with Gasteiger partial charge in [-0.15, -0.1) is 12.3 Å². The minimum absolute atomic E-state index is 0.111. The van der Waals surface area contributed by atoms with E-state index in [-0.39, 0.29) is 11.9 Å². The quantitative estimate of drug-likeness (QED) is 0.877. The molecule has 1 aromatic carbocycles. The molecule has 0 spiro atoms. The van der Waals surface area contributed by atoms with E-state index in [4.69, 9.17) is 12.2 Å². The van der Waals surface area contributed by atoms with Crippen LogP contribution in [0.4, 0.5) is 0 Å². The molecule has 126 valence electrons. The van der Waals surface area contributed by atoms with E-state index >= 15 is 0 Å². The SMILES string of the molecule is C#CC[C@H]1C(=O)N(C)C(N)=N[C@]1(C)c1cccc(-c2cccnc2)c1. The average Bonchev–Trinajstić information content (AvgIpc) is 2.64. The number of hydrogen-bond acceptors (Lipinski definition) is 4. The lowest BCUT2D eigenvalue weighted by Crippen LogP contribution is -2.53. The molecule has 2 aromatic rings. The number of carbonyl (C=O) groups excluding carboxylic acids is 1. The number of benzene rings is 1. The Morgan fingerprint density at radius 3 is 2.76 bits per heavy atom. The van der Waals surface area contributed by atoms with Gasteiger partial charge in [0.1, 0.15) is 0 Å². The fourth-order valence-electron chi connectivity index (χ4n) is 3.19. The summed E-state index contributed by atoms with van der Waals surface area (Å²) in [5.74, 6) is 2.24. The lowest BCUT2D eigenvalue weighted by molar-refractivity contribution is -0.133. The van der Waals surface area contributed by atoms with E-state index in [2.05, 4.69) is 15.9 Å². The first-order chi connectivity index (χ1) is 12.0. The lowest BCUT2D eigenvalue weighted by Gasteiger charge is -2.40. The maximum absolute atomic E-state index is 12.7. The Kier molecular flexibility index (Phi) is 4.28. The molecule has 5 heteroatoms. The van der Waals surface area contributed by atoms with Gasteiger partial charge in [-0.05, 0) is 35.7 Å². The molecule has 0 unspecified atom stereocenters. The summed E-state index contributed by atoms with van der Waals surface area (Å²) in [5, 5.41) is 0. The van der Waals surface area contributed by atoms with Crippen LogP contribution < -0.4 is 5.73 Å². The molecule has 1 aliphatic heterocycles. The van der Waals surface area contributed by atoms with Crippen LogP contribution in [0, 0.1) is 18.3 Å². The number of guanidine groups is 1. The third kappa shape index (κ3) is 2.87. The van der Waals surface area contributed by atoms with Gasteiger partial charge in [0, 0.05) is 25.9 Å². The largest absolute Gasteiger partial charge is 0.369 e. The van der Waals surface area contributed by atoms with Gasteiger partial charge in [0.2, 0.25) is 5.91 Å². The summed E-state index contributed by atoms with van der Waals surface area (Å²) in [4.78, 5) is 22.9. The van der Waals surface area contributed by atoms with E-state index in [9.17, 15) is 4.79 Å². The van der Waals surface area contributed by atoms with E-state index in [1.54, 1.807) is 19.4 Å². The summed E-state index contributed by atoms with van der Waals surface area (Å²) in [6.45, 7) is 1.91. The number of carbonyl (C=O) groups is 1. The van der Waals surface area contributed by atoms with Gasteiger partial charge in [0.05, 0.1) is 11.5 Å². The molecule has 0 bridgehead atoms. The standard InChI is InChI=1S/C20H20N4O/c1-4-7-17-18(25)24(3)19(21)23-20(17,2)16-10-5-8-14(12-16)15-9-6-11-22-13-15/h1,5-6,8-13,17H,7H2,2-3H3,(H2,21,23)/t17-,20+/m0/s1. The summed E-state index contributed by atoms with van der Waals surface area (Å²) < 4.78 is 0. The highest BCUT2D eigenvalue weighted by atomic mass is 16.2. The minimum atomic E-state index is -0.807. The molecule has 5 nitrogen and oxygen atoms in total. The van der Waals surface area contributed by atoms with Crippen LogP contribution in [0.2, 0.25) is 0 Å². The van der Waals surface area contributed by atoms with Crippen molar-refractivity contribution in [3.8, 4) is 23.5 Å². The third-order valence-electron chi connectivity index (χ3n) is 4.76. The zero-order chi connectivity index (χ0) is 18.0. The number of aromatic nitrogens is 1. The fraction of sp³-hybridized carbons (Fsp3) is 0.250. The summed E-state index contributed by atoms with van der Waals surface area (Å²) >= 11 is 0. The van der Waals surface area contributed by atoms with Crippen molar-refractivity contribution in [3.63, 3.8) is 0 Å². The molecule has 1 aromatic heterocycles. The fourth-order valence-corrected chi connectivity index (χ4v) is 3.19. The van der Waals surface area contributed by atoms with E-state index < -0.39 is 11.5 Å². The zero-order valence-electron chi connectivity index (χ0n) is 14.3. The molecular formula is C20H20N4O. The summed E-state index contributed by atoms with van der Waals surface area (Å²) in [5.41, 5.74) is 8.08. The van der Waals surface area contributed by atoms with Crippen LogP contribution in [0.5, 0.6) is 0 Å². The van der Waals surface area contributed by atoms with E-state index in [0.29, 0.717) is 6.42 Å². The van der Waals surface area contributed by atoms with Gasteiger partial charge in [-0.3, -0.25) is 14.7 Å². The zero-order valence-corrected chi connectivity index (χ0v) is 14.3. The van der Waals surface area contributed by atoms with Gasteiger partial charge in [0.15, 0.2) is 5.96 Å². The highest BCUT2D eigenvalue weighted by Gasteiger charge is 2.45. The van der Waals surface area contributed by atoms with E-state index in [1.165, 1.54) is 4.90 Å². The van der Waals surface area contributed by atoms with Crippen LogP contribution in [0.25, 0.3) is 11.1 Å². The second kappa shape index (κ2) is 6.40. The molecular weight excluding hydrogens is 312 g/mol. The second-order valence-corrected chi connectivity index (χ2v) is 6.30. The second-order valence-electron chi connectivity index (χ2n) is 6.30. The van der Waals surface area contributed by atoms with Crippen molar-refractivity contribution in [2.75, 3.05) is 7.05 Å². The number of hydrogen-bond donors (Lipinski definition) is 1. The molecule has 0 saturated heterocycles. The van der Waals surface area contributed by atoms with Crippen LogP contribution in [0.15, 0.2) is 53.8 Å². The topological polar surface area (TPSA) is 71.6 Å². The van der Waals surface area contributed by atoms with E-state index in [1.807, 2.05) is 43.3 Å². The molecule has 0 saturated carbocycles. The van der Waals surface area contributed by atoms with Crippen LogP contribution in [0.1, 0.15) is 18.9 Å². The molecule has 2 atom stereocenters. The normalized spacial score (nSPS) is 23.1. The molecule has 3 rings (SSSR count). The summed E-state index contributed by atoms with van der Waals surface area (Å²) in [7, 11) is 1.62. The van der Waals surface area contributed by atoms with Crippen molar-refractivity contribution in [2.24, 2.45) is 16.6 Å². The number of rotatable bonds is 3. The number of pyridine rings is 1. The third-order valence-corrected chi connectivity index (χ3v) is 4.76. The van der Waals surface area contributed by atoms with Crippen molar-refractivity contribution in [1.82, 2.24) is 9.88 Å². The molecule has 0 radical (unpaired) electrons. The predicted octanol–water partition coefficient (Wildman–Crippen LogP) is 2.39. The molecule has 1 amide bonds. The van der Waals surface area contributed by atoms with Gasteiger partial charge in [-0.1, -0.05) is 24.3 Å². The van der Waals surface area contributed by atoms with Gasteiger partial charge in [0.25, 0.3) is 0 Å². The van der Waals surface area contributed by atoms with Crippen LogP contribution >= 0.6 is 0 Å². The van der Waals surface area contributed by atoms with Crippen molar-refractivity contribution in [3.05, 3.63) is 54.4 Å². The van der Waals surface area contributed by atoms with Crippen molar-refractivity contribution in [2.45, 2.75) is 18.9 Å². The maximum Gasteiger partial charge on any atom is 0.235 e. The molecule has 2 heterocycles. The molecule has 25 heavy (non-hydrogen) atoms. The number of aliphatic imine (C=N–C) groups is 1. The first-order valence-electron chi connectivity index (χ1n) is 8.04.